The van der Waals surface area contributed by atoms with Gasteiger partial charge in [-0.25, -0.2) is 4.68 Å². The molecule has 0 radical (unpaired) electrons. The summed E-state index contributed by atoms with van der Waals surface area (Å²) in [5.74, 6) is -0.146. The monoisotopic (exact) mass is 288 g/mol. The molecule has 0 saturated carbocycles. The number of aryl methyl sites for hydroxylation is 1. The zero-order valence-electron chi connectivity index (χ0n) is 11.6. The third kappa shape index (κ3) is 2.70. The number of rotatable bonds is 3. The number of nitrogens with two attached hydrogens (primary N) is 1. The van der Waals surface area contributed by atoms with Gasteiger partial charge in [-0.15, -0.1) is 0 Å². The van der Waals surface area contributed by atoms with Crippen molar-refractivity contribution < 1.29 is 4.79 Å². The maximum Gasteiger partial charge on any atom is 0.273 e. The lowest BCUT2D eigenvalue weighted by Crippen LogP contribution is -2.22. The van der Waals surface area contributed by atoms with Gasteiger partial charge in [0.2, 0.25) is 0 Å². The van der Waals surface area contributed by atoms with Crippen LogP contribution in [0.5, 0.6) is 0 Å². The molecule has 20 heavy (non-hydrogen) atoms. The van der Waals surface area contributed by atoms with Gasteiger partial charge in [0.1, 0.15) is 4.99 Å². The van der Waals surface area contributed by atoms with Gasteiger partial charge in [-0.2, -0.15) is 5.10 Å². The Labute approximate surface area is 123 Å². The molecule has 2 rings (SSSR count). The van der Waals surface area contributed by atoms with Gasteiger partial charge in [0.15, 0.2) is 5.69 Å². The predicted octanol–water partition coefficient (Wildman–Crippen LogP) is 1.52. The molecule has 0 aliphatic heterocycles. The number of carbonyl (C=O) groups excluding carboxylic acids is 1. The van der Waals surface area contributed by atoms with Crippen molar-refractivity contribution in [2.24, 2.45) is 5.73 Å². The van der Waals surface area contributed by atoms with E-state index in [1.165, 1.54) is 4.90 Å². The van der Waals surface area contributed by atoms with Crippen LogP contribution >= 0.6 is 12.2 Å². The van der Waals surface area contributed by atoms with Gasteiger partial charge in [0, 0.05) is 25.9 Å². The first-order valence-electron chi connectivity index (χ1n) is 6.08. The van der Waals surface area contributed by atoms with Crippen molar-refractivity contribution in [1.82, 2.24) is 14.7 Å². The zero-order chi connectivity index (χ0) is 14.9. The Bertz CT molecular complexity index is 676. The fourth-order valence-corrected chi connectivity index (χ4v) is 2.01. The highest BCUT2D eigenvalue weighted by molar-refractivity contribution is 7.80. The van der Waals surface area contributed by atoms with E-state index in [9.17, 15) is 4.79 Å². The molecule has 0 atom stereocenters. The molecular weight excluding hydrogens is 272 g/mol. The highest BCUT2D eigenvalue weighted by atomic mass is 32.1. The van der Waals surface area contributed by atoms with Gasteiger partial charge >= 0.3 is 0 Å². The molecule has 2 aromatic rings. The van der Waals surface area contributed by atoms with Gasteiger partial charge in [-0.05, 0) is 25.1 Å². The molecule has 0 bridgehead atoms. The molecule has 1 aromatic heterocycles. The Morgan fingerprint density at radius 3 is 2.65 bits per heavy atom. The Balaban J connectivity index is 2.48. The fourth-order valence-electron chi connectivity index (χ4n) is 1.85. The second-order valence-electron chi connectivity index (χ2n) is 4.73. The summed E-state index contributed by atoms with van der Waals surface area (Å²) in [6, 6.07) is 7.42. The van der Waals surface area contributed by atoms with Crippen molar-refractivity contribution in [2.75, 3.05) is 14.1 Å². The summed E-state index contributed by atoms with van der Waals surface area (Å²) in [7, 11) is 3.38. The van der Waals surface area contributed by atoms with Crippen LogP contribution in [0, 0.1) is 6.92 Å². The first-order chi connectivity index (χ1) is 9.40. The summed E-state index contributed by atoms with van der Waals surface area (Å²) in [5, 5.41) is 4.28. The summed E-state index contributed by atoms with van der Waals surface area (Å²) in [6.07, 6.45) is 1.73. The Morgan fingerprint density at radius 2 is 2.05 bits per heavy atom. The molecule has 0 fully saturated rings. The maximum atomic E-state index is 11.9. The Hall–Kier alpha value is -2.21. The Morgan fingerprint density at radius 1 is 1.35 bits per heavy atom. The highest BCUT2D eigenvalue weighted by Gasteiger charge is 2.14. The topological polar surface area (TPSA) is 64.2 Å². The van der Waals surface area contributed by atoms with Gasteiger partial charge in [0.05, 0.1) is 5.69 Å². The van der Waals surface area contributed by atoms with Crippen molar-refractivity contribution >= 4 is 23.1 Å². The van der Waals surface area contributed by atoms with Crippen LogP contribution < -0.4 is 5.73 Å². The quantitative estimate of drug-likeness (QED) is 0.870. The van der Waals surface area contributed by atoms with E-state index in [0.717, 1.165) is 16.8 Å². The average Bonchev–Trinajstić information content (AvgIpc) is 2.86. The lowest BCUT2D eigenvalue weighted by atomic mass is 10.1. The van der Waals surface area contributed by atoms with E-state index in [-0.39, 0.29) is 5.91 Å². The lowest BCUT2D eigenvalue weighted by Gasteiger charge is -2.10. The molecule has 1 aromatic carbocycles. The molecule has 104 valence electrons. The second-order valence-corrected chi connectivity index (χ2v) is 5.17. The molecule has 6 heteroatoms. The number of carbonyl (C=O) groups is 1. The average molecular weight is 288 g/mol. The molecule has 0 spiro atoms. The number of amides is 1. The minimum Gasteiger partial charge on any atom is -0.389 e. The van der Waals surface area contributed by atoms with Crippen LogP contribution in [-0.2, 0) is 0 Å². The van der Waals surface area contributed by atoms with E-state index in [1.54, 1.807) is 31.0 Å². The third-order valence-corrected chi connectivity index (χ3v) is 3.10. The van der Waals surface area contributed by atoms with Crippen molar-refractivity contribution in [1.29, 1.82) is 0 Å². The summed E-state index contributed by atoms with van der Waals surface area (Å²) >= 11 is 5.07. The highest BCUT2D eigenvalue weighted by Crippen LogP contribution is 2.16. The fraction of sp³-hybridized carbons (Fsp3) is 0.214. The van der Waals surface area contributed by atoms with E-state index in [1.807, 2.05) is 25.1 Å². The van der Waals surface area contributed by atoms with Gasteiger partial charge in [0.25, 0.3) is 5.91 Å². The van der Waals surface area contributed by atoms with E-state index in [0.29, 0.717) is 10.7 Å². The molecule has 0 saturated heterocycles. The van der Waals surface area contributed by atoms with Crippen molar-refractivity contribution in [3.05, 3.63) is 47.3 Å². The Kier molecular flexibility index (Phi) is 3.85. The van der Waals surface area contributed by atoms with Crippen LogP contribution in [0.15, 0.2) is 30.5 Å². The van der Waals surface area contributed by atoms with E-state index in [4.69, 9.17) is 18.0 Å². The van der Waals surface area contributed by atoms with Crippen molar-refractivity contribution in [2.45, 2.75) is 6.92 Å². The van der Waals surface area contributed by atoms with Gasteiger partial charge in [-0.1, -0.05) is 23.8 Å². The number of benzene rings is 1. The van der Waals surface area contributed by atoms with Crippen molar-refractivity contribution in [3.63, 3.8) is 0 Å². The summed E-state index contributed by atoms with van der Waals surface area (Å²) < 4.78 is 1.62. The number of hydrogen-bond donors (Lipinski definition) is 1. The number of hydrogen-bond acceptors (Lipinski definition) is 3. The third-order valence-electron chi connectivity index (χ3n) is 2.88. The molecule has 0 aliphatic rings. The van der Waals surface area contributed by atoms with Crippen molar-refractivity contribution in [3.8, 4) is 5.69 Å². The first kappa shape index (κ1) is 14.2. The van der Waals surface area contributed by atoms with Crippen LogP contribution in [0.3, 0.4) is 0 Å². The predicted molar refractivity (Wildman–Crippen MR) is 82.2 cm³/mol. The van der Waals surface area contributed by atoms with Crippen LogP contribution in [0.2, 0.25) is 0 Å². The van der Waals surface area contributed by atoms with Gasteiger partial charge < -0.3 is 10.6 Å². The zero-order valence-corrected chi connectivity index (χ0v) is 12.4. The van der Waals surface area contributed by atoms with E-state index in [2.05, 4.69) is 5.10 Å². The molecule has 1 amide bonds. The molecule has 0 aliphatic carbocycles. The number of thiocarbonyl (C=S) groups is 1. The second kappa shape index (κ2) is 5.42. The maximum absolute atomic E-state index is 11.9. The molecule has 2 N–H and O–H groups in total. The smallest absolute Gasteiger partial charge is 0.273 e. The van der Waals surface area contributed by atoms with E-state index >= 15 is 0 Å². The van der Waals surface area contributed by atoms with Crippen LogP contribution in [-0.4, -0.2) is 39.7 Å². The van der Waals surface area contributed by atoms with Crippen LogP contribution in [0.1, 0.15) is 21.6 Å². The SMILES string of the molecule is Cc1ccc(-n2ccc(C(=O)N(C)C)n2)c(C(N)=S)c1. The molecule has 0 unspecified atom stereocenters. The molecule has 5 nitrogen and oxygen atoms in total. The number of aromatic nitrogens is 2. The normalized spacial score (nSPS) is 10.3. The van der Waals surface area contributed by atoms with Crippen LogP contribution in [0.25, 0.3) is 5.69 Å². The summed E-state index contributed by atoms with van der Waals surface area (Å²) in [6.45, 7) is 1.97. The largest absolute Gasteiger partial charge is 0.389 e. The van der Waals surface area contributed by atoms with Gasteiger partial charge in [-0.3, -0.25) is 4.79 Å². The lowest BCUT2D eigenvalue weighted by molar-refractivity contribution is 0.0821. The summed E-state index contributed by atoms with van der Waals surface area (Å²) in [5.41, 5.74) is 8.70. The van der Waals surface area contributed by atoms with E-state index < -0.39 is 0 Å². The minimum absolute atomic E-state index is 0.146. The molecular formula is C14H16N4OS. The summed E-state index contributed by atoms with van der Waals surface area (Å²) in [4.78, 5) is 13.6. The first-order valence-corrected chi connectivity index (χ1v) is 6.49. The number of nitrogens with zero attached hydrogens (tertiary/aromatic N) is 3. The standard InChI is InChI=1S/C14H16N4OS/c1-9-4-5-12(10(8-9)13(15)20)18-7-6-11(16-18)14(19)17(2)3/h4-8H,1-3H3,(H2,15,20). The minimum atomic E-state index is -0.146. The molecule has 1 heterocycles. The van der Waals surface area contributed by atoms with Crippen LogP contribution in [0.4, 0.5) is 0 Å².